The lowest BCUT2D eigenvalue weighted by atomic mass is 9.88. The summed E-state index contributed by atoms with van der Waals surface area (Å²) in [6.07, 6.45) is 0. The smallest absolute Gasteiger partial charge is 0.325 e. The molecule has 1 aliphatic rings. The third kappa shape index (κ3) is 3.77. The van der Waals surface area contributed by atoms with E-state index in [2.05, 4.69) is 5.32 Å². The Hall–Kier alpha value is -3.67. The second-order valence-electron chi connectivity index (χ2n) is 7.87. The van der Waals surface area contributed by atoms with Crippen LogP contribution in [0.1, 0.15) is 25.0 Å². The quantitative estimate of drug-likeness (QED) is 0.625. The van der Waals surface area contributed by atoms with Crippen molar-refractivity contribution in [2.75, 3.05) is 13.1 Å². The highest BCUT2D eigenvalue weighted by Crippen LogP contribution is 2.33. The number of nitrogens with one attached hydrogen (secondary N) is 1. The van der Waals surface area contributed by atoms with Gasteiger partial charge >= 0.3 is 6.03 Å². The predicted octanol–water partition coefficient (Wildman–Crippen LogP) is 3.66. The zero-order chi connectivity index (χ0) is 22.0. The molecule has 6 nitrogen and oxygen atoms in total. The zero-order valence-corrected chi connectivity index (χ0v) is 17.7. The predicted molar refractivity (Wildman–Crippen MR) is 119 cm³/mol. The molecule has 1 heterocycles. The van der Waals surface area contributed by atoms with Crippen molar-refractivity contribution < 1.29 is 14.4 Å². The van der Waals surface area contributed by atoms with Crippen molar-refractivity contribution in [1.29, 1.82) is 0 Å². The van der Waals surface area contributed by atoms with Crippen LogP contribution >= 0.6 is 0 Å². The van der Waals surface area contributed by atoms with Gasteiger partial charge in [0.05, 0.1) is 0 Å². The first-order valence-corrected chi connectivity index (χ1v) is 10.4. The van der Waals surface area contributed by atoms with E-state index in [0.29, 0.717) is 13.1 Å². The first-order chi connectivity index (χ1) is 14.9. The summed E-state index contributed by atoms with van der Waals surface area (Å²) in [4.78, 5) is 41.7. The van der Waals surface area contributed by atoms with Crippen molar-refractivity contribution >= 4 is 28.6 Å². The Morgan fingerprint density at radius 2 is 1.65 bits per heavy atom. The number of carbonyl (C=O) groups excluding carboxylic acids is 3. The lowest BCUT2D eigenvalue weighted by Crippen LogP contribution is -2.44. The fraction of sp³-hybridized carbons (Fsp3) is 0.240. The van der Waals surface area contributed by atoms with Crippen LogP contribution in [-0.4, -0.2) is 40.7 Å². The Kier molecular flexibility index (Phi) is 5.46. The van der Waals surface area contributed by atoms with Crippen molar-refractivity contribution in [3.05, 3.63) is 83.9 Å². The summed E-state index contributed by atoms with van der Waals surface area (Å²) >= 11 is 0. The third-order valence-electron chi connectivity index (χ3n) is 5.85. The molecule has 0 spiro atoms. The number of imide groups is 1. The molecule has 1 saturated heterocycles. The van der Waals surface area contributed by atoms with Crippen LogP contribution in [0.2, 0.25) is 0 Å². The number of fused-ring (bicyclic) bond motifs is 1. The number of urea groups is 1. The van der Waals surface area contributed by atoms with Gasteiger partial charge in [0, 0.05) is 13.1 Å². The van der Waals surface area contributed by atoms with Gasteiger partial charge in [-0.05, 0) is 35.7 Å². The van der Waals surface area contributed by atoms with Gasteiger partial charge in [-0.2, -0.15) is 0 Å². The van der Waals surface area contributed by atoms with Gasteiger partial charge in [0.25, 0.3) is 5.91 Å². The molecule has 3 aromatic carbocycles. The van der Waals surface area contributed by atoms with Crippen LogP contribution in [0.3, 0.4) is 0 Å². The van der Waals surface area contributed by atoms with Gasteiger partial charge in [-0.3, -0.25) is 14.5 Å². The first-order valence-electron chi connectivity index (χ1n) is 10.4. The summed E-state index contributed by atoms with van der Waals surface area (Å²) in [6.45, 7) is 4.21. The SMILES string of the molecule is CCN(Cc1ccccc1)C(=O)CN1C(=O)NC(C)(c2cccc3ccccc23)C1=O. The van der Waals surface area contributed by atoms with Gasteiger partial charge in [-0.25, -0.2) is 4.79 Å². The standard InChI is InChI=1S/C25H25N3O3/c1-3-27(16-18-10-5-4-6-11-18)22(29)17-28-23(30)25(2,26-24(28)31)21-15-9-13-19-12-7-8-14-20(19)21/h4-15H,3,16-17H2,1-2H3,(H,26,31). The van der Waals surface area contributed by atoms with E-state index < -0.39 is 17.5 Å². The van der Waals surface area contributed by atoms with Gasteiger partial charge in [0.1, 0.15) is 12.1 Å². The van der Waals surface area contributed by atoms with Gasteiger partial charge in [-0.15, -0.1) is 0 Å². The zero-order valence-electron chi connectivity index (χ0n) is 17.7. The van der Waals surface area contributed by atoms with E-state index in [1.165, 1.54) is 0 Å². The topological polar surface area (TPSA) is 69.7 Å². The molecule has 1 unspecified atom stereocenters. The van der Waals surface area contributed by atoms with Crippen molar-refractivity contribution in [3.8, 4) is 0 Å². The number of benzene rings is 3. The normalized spacial score (nSPS) is 18.3. The third-order valence-corrected chi connectivity index (χ3v) is 5.85. The molecule has 1 N–H and O–H groups in total. The van der Waals surface area contributed by atoms with E-state index in [-0.39, 0.29) is 12.5 Å². The maximum absolute atomic E-state index is 13.4. The van der Waals surface area contributed by atoms with E-state index in [0.717, 1.165) is 26.8 Å². The molecule has 1 fully saturated rings. The highest BCUT2D eigenvalue weighted by atomic mass is 16.2. The van der Waals surface area contributed by atoms with Crippen LogP contribution in [0.5, 0.6) is 0 Å². The Bertz CT molecular complexity index is 1140. The van der Waals surface area contributed by atoms with Crippen molar-refractivity contribution in [2.45, 2.75) is 25.9 Å². The van der Waals surface area contributed by atoms with Gasteiger partial charge < -0.3 is 10.2 Å². The number of likely N-dealkylation sites (N-methyl/N-ethyl adjacent to an activating group) is 1. The summed E-state index contributed by atoms with van der Waals surface area (Å²) < 4.78 is 0. The molecule has 1 aliphatic heterocycles. The first kappa shape index (κ1) is 20.6. The molecule has 4 rings (SSSR count). The van der Waals surface area contributed by atoms with Crippen molar-refractivity contribution in [2.24, 2.45) is 0 Å². The maximum Gasteiger partial charge on any atom is 0.325 e. The van der Waals surface area contributed by atoms with Crippen molar-refractivity contribution in [1.82, 2.24) is 15.1 Å². The van der Waals surface area contributed by atoms with Gasteiger partial charge in [0.2, 0.25) is 5.91 Å². The van der Waals surface area contributed by atoms with E-state index in [4.69, 9.17) is 0 Å². The van der Waals surface area contributed by atoms with Crippen LogP contribution < -0.4 is 5.32 Å². The average molecular weight is 415 g/mol. The summed E-state index contributed by atoms with van der Waals surface area (Å²) in [5.74, 6) is -0.685. The van der Waals surface area contributed by atoms with Crippen LogP contribution in [0, 0.1) is 0 Å². The Labute approximate surface area is 181 Å². The van der Waals surface area contributed by atoms with Crippen LogP contribution in [-0.2, 0) is 21.7 Å². The molecule has 0 radical (unpaired) electrons. The highest BCUT2D eigenvalue weighted by Gasteiger charge is 2.50. The Morgan fingerprint density at radius 3 is 2.39 bits per heavy atom. The van der Waals surface area contributed by atoms with Crippen LogP contribution in [0.4, 0.5) is 4.79 Å². The molecule has 31 heavy (non-hydrogen) atoms. The van der Waals surface area contributed by atoms with E-state index in [9.17, 15) is 14.4 Å². The molecular weight excluding hydrogens is 390 g/mol. The maximum atomic E-state index is 13.4. The fourth-order valence-electron chi connectivity index (χ4n) is 4.10. The Balaban J connectivity index is 1.57. The second-order valence-corrected chi connectivity index (χ2v) is 7.87. The molecule has 0 bridgehead atoms. The fourth-order valence-corrected chi connectivity index (χ4v) is 4.10. The van der Waals surface area contributed by atoms with Gasteiger partial charge in [-0.1, -0.05) is 72.8 Å². The minimum absolute atomic E-state index is 0.267. The minimum atomic E-state index is -1.23. The number of amides is 4. The van der Waals surface area contributed by atoms with Crippen molar-refractivity contribution in [3.63, 3.8) is 0 Å². The largest absolute Gasteiger partial charge is 0.337 e. The number of hydrogen-bond donors (Lipinski definition) is 1. The summed E-state index contributed by atoms with van der Waals surface area (Å²) in [5.41, 5.74) is 0.486. The van der Waals surface area contributed by atoms with E-state index in [1.807, 2.05) is 79.7 Å². The number of nitrogens with zero attached hydrogens (tertiary/aromatic N) is 2. The summed E-state index contributed by atoms with van der Waals surface area (Å²) in [7, 11) is 0. The molecular formula is C25H25N3O3. The van der Waals surface area contributed by atoms with Gasteiger partial charge in [0.15, 0.2) is 0 Å². The lowest BCUT2D eigenvalue weighted by molar-refractivity contribution is -0.139. The average Bonchev–Trinajstić information content (AvgIpc) is 3.01. The minimum Gasteiger partial charge on any atom is -0.337 e. The highest BCUT2D eigenvalue weighted by molar-refractivity contribution is 6.10. The molecule has 0 aromatic heterocycles. The molecule has 0 saturated carbocycles. The molecule has 158 valence electrons. The lowest BCUT2D eigenvalue weighted by Gasteiger charge is -2.25. The monoisotopic (exact) mass is 415 g/mol. The Morgan fingerprint density at radius 1 is 0.968 bits per heavy atom. The summed E-state index contributed by atoms with van der Waals surface area (Å²) in [6, 6.07) is 22.5. The number of carbonyl (C=O) groups is 3. The number of rotatable bonds is 6. The summed E-state index contributed by atoms with van der Waals surface area (Å²) in [5, 5.41) is 4.70. The van der Waals surface area contributed by atoms with E-state index >= 15 is 0 Å². The molecule has 3 aromatic rings. The second kappa shape index (κ2) is 8.22. The van der Waals surface area contributed by atoms with E-state index in [1.54, 1.807) is 11.8 Å². The molecule has 6 heteroatoms. The molecule has 1 atom stereocenters. The number of hydrogen-bond acceptors (Lipinski definition) is 3. The molecule has 0 aliphatic carbocycles. The molecule has 4 amide bonds. The van der Waals surface area contributed by atoms with Crippen LogP contribution in [0.15, 0.2) is 72.8 Å². The van der Waals surface area contributed by atoms with Crippen LogP contribution in [0.25, 0.3) is 10.8 Å².